The summed E-state index contributed by atoms with van der Waals surface area (Å²) in [7, 11) is 0. The molecule has 1 aliphatic rings. The Balaban J connectivity index is 1.94. The number of carboxylic acid groups (broad SMARTS) is 1. The van der Waals surface area contributed by atoms with Gasteiger partial charge in [-0.25, -0.2) is 4.68 Å². The summed E-state index contributed by atoms with van der Waals surface area (Å²) in [6, 6.07) is 0.0240. The lowest BCUT2D eigenvalue weighted by molar-refractivity contribution is -0.137. The molecular weight excluding hydrogens is 264 g/mol. The van der Waals surface area contributed by atoms with E-state index in [1.807, 2.05) is 13.8 Å². The fourth-order valence-corrected chi connectivity index (χ4v) is 2.23. The van der Waals surface area contributed by atoms with Gasteiger partial charge in [-0.3, -0.25) is 9.59 Å². The van der Waals surface area contributed by atoms with Crippen molar-refractivity contribution in [3.8, 4) is 0 Å². The number of amides is 1. The number of nitrogens with one attached hydrogen (secondary N) is 1. The van der Waals surface area contributed by atoms with E-state index in [0.717, 1.165) is 17.5 Å². The Bertz CT molecular complexity index is 511. The molecule has 0 spiro atoms. The first-order valence-electron chi connectivity index (χ1n) is 6.42. The summed E-state index contributed by atoms with van der Waals surface area (Å²) in [6.07, 6.45) is 2.80. The summed E-state index contributed by atoms with van der Waals surface area (Å²) in [4.78, 5) is 22.5. The highest BCUT2D eigenvalue weighted by Crippen LogP contribution is 2.23. The number of hydrogen-bond donors (Lipinski definition) is 2. The van der Waals surface area contributed by atoms with Crippen LogP contribution in [0.3, 0.4) is 0 Å². The topological polar surface area (TPSA) is 106 Å². The number of rotatable bonds is 4. The van der Waals surface area contributed by atoms with E-state index in [4.69, 9.17) is 9.84 Å². The summed E-state index contributed by atoms with van der Waals surface area (Å²) >= 11 is 0. The summed E-state index contributed by atoms with van der Waals surface area (Å²) < 4.78 is 6.70. The second kappa shape index (κ2) is 5.58. The fraction of sp³-hybridized carbons (Fsp3) is 0.667. The van der Waals surface area contributed by atoms with Gasteiger partial charge in [-0.05, 0) is 26.7 Å². The van der Waals surface area contributed by atoms with E-state index in [1.165, 1.54) is 6.20 Å². The molecule has 8 nitrogen and oxygen atoms in total. The smallest absolute Gasteiger partial charge is 0.325 e. The van der Waals surface area contributed by atoms with E-state index >= 15 is 0 Å². The van der Waals surface area contributed by atoms with Crippen LogP contribution in [0.5, 0.6) is 0 Å². The van der Waals surface area contributed by atoms with Gasteiger partial charge in [-0.1, -0.05) is 5.21 Å². The molecule has 1 aromatic rings. The monoisotopic (exact) mass is 282 g/mol. The molecule has 1 aliphatic heterocycles. The molecule has 0 saturated carbocycles. The van der Waals surface area contributed by atoms with Gasteiger partial charge >= 0.3 is 5.97 Å². The summed E-state index contributed by atoms with van der Waals surface area (Å²) in [6.45, 7) is 4.25. The lowest BCUT2D eigenvalue weighted by atomic mass is 9.94. The molecule has 8 heteroatoms. The van der Waals surface area contributed by atoms with E-state index in [2.05, 4.69) is 15.6 Å². The maximum atomic E-state index is 12.0. The van der Waals surface area contributed by atoms with Gasteiger partial charge in [-0.2, -0.15) is 0 Å². The van der Waals surface area contributed by atoms with Crippen molar-refractivity contribution in [2.45, 2.75) is 44.9 Å². The molecular formula is C12H18N4O4. The Hall–Kier alpha value is -1.96. The number of carbonyl (C=O) groups excluding carboxylic acids is 1. The minimum absolute atomic E-state index is 0.0240. The van der Waals surface area contributed by atoms with Gasteiger partial charge in [0.2, 0.25) is 0 Å². The lowest BCUT2D eigenvalue weighted by Crippen LogP contribution is -2.45. The minimum atomic E-state index is -1.03. The zero-order valence-corrected chi connectivity index (χ0v) is 11.5. The molecule has 1 amide bonds. The predicted octanol–water partition coefficient (Wildman–Crippen LogP) is 0.0501. The molecule has 1 saturated heterocycles. The first kappa shape index (κ1) is 14.4. The molecule has 2 heterocycles. The zero-order valence-electron chi connectivity index (χ0n) is 11.5. The lowest BCUT2D eigenvalue weighted by Gasteiger charge is -2.35. The van der Waals surface area contributed by atoms with Crippen molar-refractivity contribution in [1.82, 2.24) is 20.3 Å². The molecule has 0 bridgehead atoms. The molecule has 110 valence electrons. The van der Waals surface area contributed by atoms with Crippen molar-refractivity contribution < 1.29 is 19.4 Å². The number of hydrogen-bond acceptors (Lipinski definition) is 5. The van der Waals surface area contributed by atoms with Crippen molar-refractivity contribution in [3.63, 3.8) is 0 Å². The maximum absolute atomic E-state index is 12.0. The Morgan fingerprint density at radius 1 is 1.60 bits per heavy atom. The highest BCUT2D eigenvalue weighted by Gasteiger charge is 2.30. The number of aliphatic carboxylic acids is 1. The highest BCUT2D eigenvalue weighted by atomic mass is 16.5. The van der Waals surface area contributed by atoms with Crippen LogP contribution in [0.25, 0.3) is 0 Å². The Labute approximate surface area is 116 Å². The Morgan fingerprint density at radius 3 is 3.00 bits per heavy atom. The van der Waals surface area contributed by atoms with Crippen LogP contribution in [0.2, 0.25) is 0 Å². The normalized spacial score (nSPS) is 21.4. The van der Waals surface area contributed by atoms with Gasteiger partial charge in [0.15, 0.2) is 5.69 Å². The quantitative estimate of drug-likeness (QED) is 0.808. The molecule has 0 aromatic carbocycles. The van der Waals surface area contributed by atoms with Crippen molar-refractivity contribution in [1.29, 1.82) is 0 Å². The summed E-state index contributed by atoms with van der Waals surface area (Å²) in [5.41, 5.74) is -0.132. The van der Waals surface area contributed by atoms with Crippen LogP contribution < -0.4 is 5.32 Å². The molecule has 1 atom stereocenters. The molecule has 1 unspecified atom stereocenters. The number of carboxylic acids is 1. The average Bonchev–Trinajstić information content (AvgIpc) is 2.75. The summed E-state index contributed by atoms with van der Waals surface area (Å²) in [5, 5.41) is 18.8. The molecule has 2 N–H and O–H groups in total. The van der Waals surface area contributed by atoms with E-state index < -0.39 is 5.97 Å². The van der Waals surface area contributed by atoms with Gasteiger partial charge in [0, 0.05) is 12.6 Å². The molecule has 20 heavy (non-hydrogen) atoms. The fourth-order valence-electron chi connectivity index (χ4n) is 2.23. The molecule has 1 fully saturated rings. The predicted molar refractivity (Wildman–Crippen MR) is 68.2 cm³/mol. The van der Waals surface area contributed by atoms with Gasteiger partial charge in [0.05, 0.1) is 11.8 Å². The zero-order chi connectivity index (χ0) is 14.8. The summed E-state index contributed by atoms with van der Waals surface area (Å²) in [5.74, 6) is -1.38. The van der Waals surface area contributed by atoms with Crippen LogP contribution in [0.1, 0.15) is 37.2 Å². The van der Waals surface area contributed by atoms with E-state index in [-0.39, 0.29) is 29.8 Å². The van der Waals surface area contributed by atoms with Crippen molar-refractivity contribution in [2.24, 2.45) is 0 Å². The second-order valence-electron chi connectivity index (χ2n) is 5.47. The second-order valence-corrected chi connectivity index (χ2v) is 5.47. The molecule has 0 aliphatic carbocycles. The van der Waals surface area contributed by atoms with Crippen LogP contribution in [0, 0.1) is 0 Å². The first-order valence-corrected chi connectivity index (χ1v) is 6.42. The number of aromatic nitrogens is 3. The van der Waals surface area contributed by atoms with Gasteiger partial charge in [-0.15, -0.1) is 5.10 Å². The number of carbonyl (C=O) groups is 2. The third-order valence-electron chi connectivity index (χ3n) is 3.10. The van der Waals surface area contributed by atoms with Crippen LogP contribution in [-0.2, 0) is 16.1 Å². The Morgan fingerprint density at radius 2 is 2.35 bits per heavy atom. The van der Waals surface area contributed by atoms with Crippen molar-refractivity contribution in [3.05, 3.63) is 11.9 Å². The van der Waals surface area contributed by atoms with Crippen LogP contribution in [-0.4, -0.2) is 50.2 Å². The largest absolute Gasteiger partial charge is 0.480 e. The SMILES string of the molecule is CC1(C)CC(NC(=O)c2cn(CC(=O)O)nn2)CCO1. The van der Waals surface area contributed by atoms with E-state index in [9.17, 15) is 9.59 Å². The first-order chi connectivity index (χ1) is 9.35. The molecule has 0 radical (unpaired) electrons. The average molecular weight is 282 g/mol. The number of ether oxygens (including phenoxy) is 1. The molecule has 1 aromatic heterocycles. The third-order valence-corrected chi connectivity index (χ3v) is 3.10. The van der Waals surface area contributed by atoms with Crippen molar-refractivity contribution in [2.75, 3.05) is 6.61 Å². The van der Waals surface area contributed by atoms with Gasteiger partial charge < -0.3 is 15.2 Å². The van der Waals surface area contributed by atoms with E-state index in [1.54, 1.807) is 0 Å². The van der Waals surface area contributed by atoms with Gasteiger partial charge in [0.1, 0.15) is 6.54 Å². The molecule has 2 rings (SSSR count). The van der Waals surface area contributed by atoms with Crippen LogP contribution in [0.15, 0.2) is 6.20 Å². The van der Waals surface area contributed by atoms with Gasteiger partial charge in [0.25, 0.3) is 5.91 Å². The van der Waals surface area contributed by atoms with Crippen molar-refractivity contribution >= 4 is 11.9 Å². The van der Waals surface area contributed by atoms with Crippen LogP contribution >= 0.6 is 0 Å². The van der Waals surface area contributed by atoms with Crippen LogP contribution in [0.4, 0.5) is 0 Å². The maximum Gasteiger partial charge on any atom is 0.325 e. The standard InChI is InChI=1S/C12H18N4O4/c1-12(2)5-8(3-4-20-12)13-11(19)9-6-16(15-14-9)7-10(17)18/h6,8H,3-5,7H2,1-2H3,(H,13,19)(H,17,18). The third kappa shape index (κ3) is 3.77. The highest BCUT2D eigenvalue weighted by molar-refractivity contribution is 5.92. The Kier molecular flexibility index (Phi) is 4.03. The number of nitrogens with zero attached hydrogens (tertiary/aromatic N) is 3. The minimum Gasteiger partial charge on any atom is -0.480 e. The van der Waals surface area contributed by atoms with E-state index in [0.29, 0.717) is 6.61 Å².